The molecule has 0 amide bonds. The first kappa shape index (κ1) is 22.2. The van der Waals surface area contributed by atoms with Gasteiger partial charge in [0.1, 0.15) is 11.0 Å². The van der Waals surface area contributed by atoms with Crippen molar-refractivity contribution in [3.8, 4) is 17.1 Å². The Morgan fingerprint density at radius 2 is 0.683 bits per heavy atom. The van der Waals surface area contributed by atoms with Gasteiger partial charge in [-0.15, -0.1) is 10.2 Å². The van der Waals surface area contributed by atoms with Crippen LogP contribution in [0, 0.1) is 0 Å². The Kier molecular flexibility index (Phi) is 4.55. The summed E-state index contributed by atoms with van der Waals surface area (Å²) < 4.78 is 4.65. The van der Waals surface area contributed by atoms with Crippen molar-refractivity contribution in [1.82, 2.24) is 24.1 Å². The molecule has 0 unspecified atom stereocenters. The normalized spacial score (nSPS) is 11.9. The quantitative estimate of drug-likeness (QED) is 0.232. The minimum Gasteiger partial charge on any atom is -0.307 e. The summed E-state index contributed by atoms with van der Waals surface area (Å²) in [4.78, 5) is 1.76. The number of benzene rings is 6. The van der Waals surface area contributed by atoms with E-state index in [9.17, 15) is 0 Å². The number of aromatic nitrogens is 5. The molecule has 0 atom stereocenters. The molecule has 0 aliphatic heterocycles. The van der Waals surface area contributed by atoms with Crippen LogP contribution in [-0.4, -0.2) is 24.1 Å². The van der Waals surface area contributed by atoms with Crippen LogP contribution >= 0.6 is 0 Å². The highest BCUT2D eigenvalue weighted by molar-refractivity contribution is 6.12. The highest BCUT2D eigenvalue weighted by atomic mass is 15.5. The third-order valence-electron chi connectivity index (χ3n) is 8.13. The number of nitrogens with zero attached hydrogens (tertiary/aromatic N) is 5. The number of hydrogen-bond acceptors (Lipinski definition) is 2. The molecule has 0 radical (unpaired) electrons. The molecule has 0 aliphatic rings. The molecule has 0 saturated carbocycles. The first-order valence-electron chi connectivity index (χ1n) is 13.8. The molecule has 3 aromatic heterocycles. The lowest BCUT2D eigenvalue weighted by Gasteiger charge is -2.12. The van der Waals surface area contributed by atoms with E-state index >= 15 is 0 Å². The van der Waals surface area contributed by atoms with E-state index in [0.29, 0.717) is 0 Å². The van der Waals surface area contributed by atoms with Gasteiger partial charge in [-0.25, -0.2) is 0 Å². The zero-order valence-corrected chi connectivity index (χ0v) is 22.0. The first-order chi connectivity index (χ1) is 20.4. The first-order valence-corrected chi connectivity index (χ1v) is 13.8. The van der Waals surface area contributed by atoms with Crippen LogP contribution in [0.4, 0.5) is 0 Å². The summed E-state index contributed by atoms with van der Waals surface area (Å²) in [5, 5.41) is 15.2. The molecule has 0 saturated heterocycles. The number of para-hydroxylation sites is 5. The highest BCUT2D eigenvalue weighted by Crippen LogP contribution is 2.38. The second-order valence-electron chi connectivity index (χ2n) is 10.4. The Balaban J connectivity index is 1.43. The standard InChI is InChI=1S/C36H23N5/c1-2-12-24(13-3-1)41-37-35-33(39-29-18-8-4-14-25(29)26-15-5-9-19-30(26)39)22-23-34(36(35)38-41)40-31-20-10-6-16-27(31)28-17-7-11-21-32(28)40/h1-23H. The minimum atomic E-state index is 0.847. The summed E-state index contributed by atoms with van der Waals surface area (Å²) in [5.41, 5.74) is 9.21. The fourth-order valence-electron chi connectivity index (χ4n) is 6.37. The molecule has 5 heteroatoms. The second-order valence-corrected chi connectivity index (χ2v) is 10.4. The van der Waals surface area contributed by atoms with E-state index in [1.54, 1.807) is 4.80 Å². The molecule has 9 rings (SSSR count). The van der Waals surface area contributed by atoms with Crippen molar-refractivity contribution in [1.29, 1.82) is 0 Å². The van der Waals surface area contributed by atoms with Crippen LogP contribution in [0.3, 0.4) is 0 Å². The number of fused-ring (bicyclic) bond motifs is 7. The van der Waals surface area contributed by atoms with E-state index in [0.717, 1.165) is 50.2 Å². The van der Waals surface area contributed by atoms with Crippen LogP contribution in [-0.2, 0) is 0 Å². The van der Waals surface area contributed by atoms with Gasteiger partial charge in [0.2, 0.25) is 0 Å². The zero-order valence-electron chi connectivity index (χ0n) is 22.0. The Morgan fingerprint density at radius 3 is 1.07 bits per heavy atom. The van der Waals surface area contributed by atoms with E-state index in [1.807, 2.05) is 30.3 Å². The van der Waals surface area contributed by atoms with Crippen molar-refractivity contribution in [2.45, 2.75) is 0 Å². The van der Waals surface area contributed by atoms with Crippen LogP contribution in [0.15, 0.2) is 140 Å². The summed E-state index contributed by atoms with van der Waals surface area (Å²) in [6.45, 7) is 0. The number of rotatable bonds is 3. The van der Waals surface area contributed by atoms with E-state index in [4.69, 9.17) is 10.2 Å². The van der Waals surface area contributed by atoms with Gasteiger partial charge >= 0.3 is 0 Å². The minimum absolute atomic E-state index is 0.847. The van der Waals surface area contributed by atoms with Crippen LogP contribution < -0.4 is 0 Å². The molecular formula is C36H23N5. The Labute approximate surface area is 235 Å². The molecule has 0 N–H and O–H groups in total. The monoisotopic (exact) mass is 525 g/mol. The average molecular weight is 526 g/mol. The molecule has 0 bridgehead atoms. The molecule has 0 fully saturated rings. The molecule has 0 spiro atoms. The molecule has 0 aliphatic carbocycles. The zero-order chi connectivity index (χ0) is 26.9. The lowest BCUT2D eigenvalue weighted by atomic mass is 10.2. The molecule has 3 heterocycles. The predicted molar refractivity (Wildman–Crippen MR) is 168 cm³/mol. The smallest absolute Gasteiger partial charge is 0.139 e. The van der Waals surface area contributed by atoms with E-state index in [-0.39, 0.29) is 0 Å². The molecule has 9 aromatic rings. The Morgan fingerprint density at radius 1 is 0.341 bits per heavy atom. The van der Waals surface area contributed by atoms with Crippen molar-refractivity contribution in [2.75, 3.05) is 0 Å². The third kappa shape index (κ3) is 3.11. The summed E-state index contributed by atoms with van der Waals surface area (Å²) in [7, 11) is 0. The largest absolute Gasteiger partial charge is 0.307 e. The summed E-state index contributed by atoms with van der Waals surface area (Å²) in [5.74, 6) is 0. The van der Waals surface area contributed by atoms with Crippen molar-refractivity contribution in [3.05, 3.63) is 140 Å². The van der Waals surface area contributed by atoms with E-state index in [2.05, 4.69) is 118 Å². The average Bonchev–Trinajstić information content (AvgIpc) is 3.73. The van der Waals surface area contributed by atoms with Gasteiger partial charge < -0.3 is 9.13 Å². The highest BCUT2D eigenvalue weighted by Gasteiger charge is 2.21. The maximum Gasteiger partial charge on any atom is 0.139 e. The lowest BCUT2D eigenvalue weighted by Crippen LogP contribution is -2.00. The summed E-state index contributed by atoms with van der Waals surface area (Å²) >= 11 is 0. The molecule has 6 aromatic carbocycles. The fraction of sp³-hybridized carbons (Fsp3) is 0. The van der Waals surface area contributed by atoms with Gasteiger partial charge in [0.25, 0.3) is 0 Å². The summed E-state index contributed by atoms with van der Waals surface area (Å²) in [6, 6.07) is 48.8. The van der Waals surface area contributed by atoms with Gasteiger partial charge in [0.05, 0.1) is 39.1 Å². The maximum absolute atomic E-state index is 5.15. The van der Waals surface area contributed by atoms with Crippen molar-refractivity contribution in [2.24, 2.45) is 0 Å². The Hall–Kier alpha value is -5.68. The third-order valence-corrected chi connectivity index (χ3v) is 8.13. The lowest BCUT2D eigenvalue weighted by molar-refractivity contribution is 0.765. The topological polar surface area (TPSA) is 40.6 Å². The molecular weight excluding hydrogens is 502 g/mol. The Bertz CT molecular complexity index is 2170. The molecule has 192 valence electrons. The maximum atomic E-state index is 5.15. The fourth-order valence-corrected chi connectivity index (χ4v) is 6.37. The van der Waals surface area contributed by atoms with Crippen LogP contribution in [0.25, 0.3) is 71.7 Å². The van der Waals surface area contributed by atoms with Crippen LogP contribution in [0.2, 0.25) is 0 Å². The summed E-state index contributed by atoms with van der Waals surface area (Å²) in [6.07, 6.45) is 0. The van der Waals surface area contributed by atoms with Crippen molar-refractivity contribution >= 4 is 54.6 Å². The van der Waals surface area contributed by atoms with Crippen LogP contribution in [0.5, 0.6) is 0 Å². The van der Waals surface area contributed by atoms with Crippen molar-refractivity contribution in [3.63, 3.8) is 0 Å². The predicted octanol–water partition coefficient (Wildman–Crippen LogP) is 8.61. The molecule has 5 nitrogen and oxygen atoms in total. The van der Waals surface area contributed by atoms with Crippen LogP contribution in [0.1, 0.15) is 0 Å². The van der Waals surface area contributed by atoms with E-state index in [1.165, 1.54) is 21.5 Å². The van der Waals surface area contributed by atoms with Gasteiger partial charge in [-0.2, -0.15) is 4.80 Å². The van der Waals surface area contributed by atoms with Gasteiger partial charge in [0.15, 0.2) is 0 Å². The molecule has 41 heavy (non-hydrogen) atoms. The SMILES string of the molecule is c1ccc(-n2nc3c(-n4c5ccccc5c5ccccc54)ccc(-n4c5ccccc5c5ccccc54)c3n2)cc1. The van der Waals surface area contributed by atoms with Gasteiger partial charge in [-0.1, -0.05) is 91.0 Å². The van der Waals surface area contributed by atoms with Gasteiger partial charge in [0, 0.05) is 21.5 Å². The second kappa shape index (κ2) is 8.41. The number of hydrogen-bond donors (Lipinski definition) is 0. The van der Waals surface area contributed by atoms with Gasteiger partial charge in [-0.05, 0) is 48.5 Å². The van der Waals surface area contributed by atoms with E-state index < -0.39 is 0 Å². The van der Waals surface area contributed by atoms with Crippen molar-refractivity contribution < 1.29 is 0 Å². The van der Waals surface area contributed by atoms with Gasteiger partial charge in [-0.3, -0.25) is 0 Å².